The van der Waals surface area contributed by atoms with Crippen LogP contribution in [0.1, 0.15) is 39.3 Å². The summed E-state index contributed by atoms with van der Waals surface area (Å²) >= 11 is 1.36. The summed E-state index contributed by atoms with van der Waals surface area (Å²) in [6.45, 7) is 5.55. The Kier molecular flexibility index (Phi) is 4.53. The lowest BCUT2D eigenvalue weighted by molar-refractivity contribution is -0.128. The minimum atomic E-state index is -0.759. The van der Waals surface area contributed by atoms with Gasteiger partial charge in [-0.15, -0.1) is 11.3 Å². The summed E-state index contributed by atoms with van der Waals surface area (Å²) in [4.78, 5) is 35.4. The lowest BCUT2D eigenvalue weighted by Gasteiger charge is -2.33. The minimum Gasteiger partial charge on any atom is -0.369 e. The van der Waals surface area contributed by atoms with Gasteiger partial charge in [-0.3, -0.25) is 14.5 Å². The molecule has 136 valence electrons. The molecule has 7 nitrogen and oxygen atoms in total. The summed E-state index contributed by atoms with van der Waals surface area (Å²) in [7, 11) is 1.61. The van der Waals surface area contributed by atoms with Gasteiger partial charge in [-0.05, 0) is 38.5 Å². The summed E-state index contributed by atoms with van der Waals surface area (Å²) in [6, 6.07) is 7.34. The van der Waals surface area contributed by atoms with Crippen LogP contribution >= 0.6 is 11.3 Å². The number of hydrogen-bond donors (Lipinski definition) is 2. The van der Waals surface area contributed by atoms with Gasteiger partial charge in [0.25, 0.3) is 5.91 Å². The zero-order valence-corrected chi connectivity index (χ0v) is 16.0. The Bertz CT molecular complexity index is 920. The SMILES string of the molecule is Cc1nc(C)c(C(=O)Nc2cccc(C3(C)CC(=O)N(C)C(N)=N3)c2)s1. The van der Waals surface area contributed by atoms with Crippen LogP contribution in [-0.2, 0) is 10.3 Å². The number of aromatic nitrogens is 1. The summed E-state index contributed by atoms with van der Waals surface area (Å²) in [5.74, 6) is -0.1000. The summed E-state index contributed by atoms with van der Waals surface area (Å²) < 4.78 is 0. The fraction of sp³-hybridized carbons (Fsp3) is 0.333. The molecular formula is C18H21N5O2S. The molecule has 0 fully saturated rings. The largest absolute Gasteiger partial charge is 0.369 e. The van der Waals surface area contributed by atoms with Gasteiger partial charge in [-0.2, -0.15) is 0 Å². The summed E-state index contributed by atoms with van der Waals surface area (Å²) in [5.41, 5.74) is 7.29. The van der Waals surface area contributed by atoms with E-state index >= 15 is 0 Å². The molecule has 1 aliphatic heterocycles. The summed E-state index contributed by atoms with van der Waals surface area (Å²) in [6.07, 6.45) is 0.217. The molecule has 1 aromatic heterocycles. The second kappa shape index (κ2) is 6.53. The predicted octanol–water partition coefficient (Wildman–Crippen LogP) is 2.40. The Labute approximate surface area is 155 Å². The fourth-order valence-corrected chi connectivity index (χ4v) is 3.75. The van der Waals surface area contributed by atoms with Crippen LogP contribution in [0.5, 0.6) is 0 Å². The van der Waals surface area contributed by atoms with Gasteiger partial charge in [0.2, 0.25) is 5.91 Å². The van der Waals surface area contributed by atoms with Crippen LogP contribution in [0.4, 0.5) is 5.69 Å². The molecule has 2 aromatic rings. The predicted molar refractivity (Wildman–Crippen MR) is 102 cm³/mol. The molecule has 1 unspecified atom stereocenters. The molecule has 1 aromatic carbocycles. The molecule has 26 heavy (non-hydrogen) atoms. The average molecular weight is 371 g/mol. The van der Waals surface area contributed by atoms with Gasteiger partial charge >= 0.3 is 0 Å². The van der Waals surface area contributed by atoms with Crippen LogP contribution in [-0.4, -0.2) is 34.7 Å². The zero-order valence-electron chi connectivity index (χ0n) is 15.2. The van der Waals surface area contributed by atoms with Crippen molar-refractivity contribution in [3.05, 3.63) is 45.4 Å². The van der Waals surface area contributed by atoms with Gasteiger partial charge in [-0.25, -0.2) is 9.98 Å². The van der Waals surface area contributed by atoms with E-state index in [0.29, 0.717) is 16.3 Å². The van der Waals surface area contributed by atoms with Crippen LogP contribution in [0.3, 0.4) is 0 Å². The molecule has 1 atom stereocenters. The van der Waals surface area contributed by atoms with Crippen LogP contribution in [0.2, 0.25) is 0 Å². The van der Waals surface area contributed by atoms with Crippen LogP contribution in [0.15, 0.2) is 29.3 Å². The lowest BCUT2D eigenvalue weighted by atomic mass is 9.87. The zero-order chi connectivity index (χ0) is 19.1. The highest BCUT2D eigenvalue weighted by Crippen LogP contribution is 2.34. The number of amides is 2. The molecule has 2 amide bonds. The number of thiazole rings is 1. The highest BCUT2D eigenvalue weighted by atomic mass is 32.1. The number of guanidine groups is 1. The first-order valence-corrected chi connectivity index (χ1v) is 8.99. The highest BCUT2D eigenvalue weighted by Gasteiger charge is 2.36. The maximum atomic E-state index is 12.5. The Hall–Kier alpha value is -2.74. The van der Waals surface area contributed by atoms with E-state index in [2.05, 4.69) is 15.3 Å². The summed E-state index contributed by atoms with van der Waals surface area (Å²) in [5, 5.41) is 3.75. The Balaban J connectivity index is 1.88. The number of hydrogen-bond acceptors (Lipinski definition) is 6. The molecule has 0 aliphatic carbocycles. The molecule has 1 aliphatic rings. The molecule has 0 radical (unpaired) electrons. The molecular weight excluding hydrogens is 350 g/mol. The number of rotatable bonds is 3. The molecule has 0 saturated carbocycles. The molecule has 8 heteroatoms. The van der Waals surface area contributed by atoms with Crippen molar-refractivity contribution in [1.29, 1.82) is 0 Å². The third-order valence-electron chi connectivity index (χ3n) is 4.43. The van der Waals surface area contributed by atoms with E-state index in [1.54, 1.807) is 13.1 Å². The van der Waals surface area contributed by atoms with Gasteiger partial charge in [0.15, 0.2) is 5.96 Å². The fourth-order valence-electron chi connectivity index (χ4n) is 2.94. The first-order valence-electron chi connectivity index (χ1n) is 8.17. The Morgan fingerprint density at radius 1 is 1.38 bits per heavy atom. The highest BCUT2D eigenvalue weighted by molar-refractivity contribution is 7.13. The van der Waals surface area contributed by atoms with Gasteiger partial charge in [0, 0.05) is 12.7 Å². The standard InChI is InChI=1S/C18H21N5O2S/c1-10-15(26-11(2)20-10)16(25)21-13-7-5-6-12(8-13)18(3)9-14(24)23(4)17(19)22-18/h5-8H,9H2,1-4H3,(H2,19,22)(H,21,25). The number of aryl methyl sites for hydroxylation is 2. The lowest BCUT2D eigenvalue weighted by Crippen LogP contribution is -2.47. The Morgan fingerprint density at radius 3 is 2.73 bits per heavy atom. The number of benzene rings is 1. The first-order chi connectivity index (χ1) is 12.2. The van der Waals surface area contributed by atoms with E-state index in [4.69, 9.17) is 5.73 Å². The molecule has 2 heterocycles. The Morgan fingerprint density at radius 2 is 2.12 bits per heavy atom. The van der Waals surface area contributed by atoms with E-state index in [1.807, 2.05) is 39.0 Å². The molecule has 0 spiro atoms. The molecule has 0 saturated heterocycles. The van der Waals surface area contributed by atoms with Crippen LogP contribution < -0.4 is 11.1 Å². The maximum Gasteiger partial charge on any atom is 0.267 e. The van der Waals surface area contributed by atoms with Crippen molar-refractivity contribution >= 4 is 34.8 Å². The van der Waals surface area contributed by atoms with Crippen molar-refractivity contribution < 1.29 is 9.59 Å². The molecule has 3 rings (SSSR count). The number of nitrogens with two attached hydrogens (primary N) is 1. The normalized spacial score (nSPS) is 20.1. The average Bonchev–Trinajstić information content (AvgIpc) is 2.91. The van der Waals surface area contributed by atoms with Crippen LogP contribution in [0.25, 0.3) is 0 Å². The van der Waals surface area contributed by atoms with E-state index in [9.17, 15) is 9.59 Å². The second-order valence-corrected chi connectivity index (χ2v) is 7.76. The van der Waals surface area contributed by atoms with Crippen LogP contribution in [0, 0.1) is 13.8 Å². The second-order valence-electron chi connectivity index (χ2n) is 6.56. The van der Waals surface area contributed by atoms with E-state index in [0.717, 1.165) is 10.6 Å². The number of nitrogens with zero attached hydrogens (tertiary/aromatic N) is 3. The third-order valence-corrected chi connectivity index (χ3v) is 5.50. The van der Waals surface area contributed by atoms with Gasteiger partial charge in [0.05, 0.1) is 22.7 Å². The third kappa shape index (κ3) is 3.32. The first kappa shape index (κ1) is 18.1. The van der Waals surface area contributed by atoms with E-state index in [1.165, 1.54) is 16.2 Å². The van der Waals surface area contributed by atoms with E-state index in [-0.39, 0.29) is 24.2 Å². The number of carbonyl (C=O) groups is 2. The maximum absolute atomic E-state index is 12.5. The van der Waals surface area contributed by atoms with Crippen molar-refractivity contribution in [1.82, 2.24) is 9.88 Å². The number of anilines is 1. The number of aliphatic imine (C=N–C) groups is 1. The van der Waals surface area contributed by atoms with Crippen molar-refractivity contribution in [2.45, 2.75) is 32.7 Å². The quantitative estimate of drug-likeness (QED) is 0.865. The van der Waals surface area contributed by atoms with Crippen molar-refractivity contribution in [2.75, 3.05) is 12.4 Å². The topological polar surface area (TPSA) is 101 Å². The van der Waals surface area contributed by atoms with Crippen molar-refractivity contribution in [3.8, 4) is 0 Å². The number of carbonyl (C=O) groups excluding carboxylic acids is 2. The van der Waals surface area contributed by atoms with E-state index < -0.39 is 5.54 Å². The van der Waals surface area contributed by atoms with Crippen molar-refractivity contribution in [3.63, 3.8) is 0 Å². The van der Waals surface area contributed by atoms with Gasteiger partial charge in [-0.1, -0.05) is 12.1 Å². The minimum absolute atomic E-state index is 0.0924. The molecule has 0 bridgehead atoms. The molecule has 3 N–H and O–H groups in total. The smallest absolute Gasteiger partial charge is 0.267 e. The number of nitrogens with one attached hydrogen (secondary N) is 1. The van der Waals surface area contributed by atoms with Crippen molar-refractivity contribution in [2.24, 2.45) is 10.7 Å². The van der Waals surface area contributed by atoms with Gasteiger partial charge < -0.3 is 11.1 Å². The monoisotopic (exact) mass is 371 g/mol. The van der Waals surface area contributed by atoms with Gasteiger partial charge in [0.1, 0.15) is 4.88 Å².